The minimum Gasteiger partial charge on any atom is -0.467 e. The van der Waals surface area contributed by atoms with E-state index in [4.69, 9.17) is 19.1 Å². The monoisotopic (exact) mass is 401 g/mol. The number of carbonyl (C=O) groups is 1. The van der Waals surface area contributed by atoms with Crippen LogP contribution in [-0.2, 0) is 23.9 Å². The van der Waals surface area contributed by atoms with E-state index in [9.17, 15) is 4.79 Å². The van der Waals surface area contributed by atoms with Crippen molar-refractivity contribution < 1.29 is 23.9 Å². The fraction of sp³-hybridized carbons (Fsp3) is 0.696. The van der Waals surface area contributed by atoms with Crippen LogP contribution in [0.15, 0.2) is 30.3 Å². The molecule has 2 saturated heterocycles. The van der Waals surface area contributed by atoms with Crippen LogP contribution in [0.3, 0.4) is 0 Å². The Morgan fingerprint density at radius 2 is 1.90 bits per heavy atom. The van der Waals surface area contributed by atoms with Gasteiger partial charge in [-0.1, -0.05) is 48.4 Å². The maximum Gasteiger partial charge on any atom is 0.337 e. The molecular formula is C23H31NO5. The van der Waals surface area contributed by atoms with Crippen LogP contribution in [0.5, 0.6) is 0 Å². The summed E-state index contributed by atoms with van der Waals surface area (Å²) in [6, 6.07) is 10.7. The normalized spacial score (nSPS) is 41.9. The number of hydroxylamine groups is 2. The lowest BCUT2D eigenvalue weighted by molar-refractivity contribution is -0.462. The number of rotatable bonds is 4. The lowest BCUT2D eigenvalue weighted by Gasteiger charge is -2.45. The molecule has 0 amide bonds. The average Bonchev–Trinajstić information content (AvgIpc) is 3.24. The summed E-state index contributed by atoms with van der Waals surface area (Å²) in [6.07, 6.45) is 6.71. The van der Waals surface area contributed by atoms with E-state index in [2.05, 4.69) is 37.3 Å². The van der Waals surface area contributed by atoms with Crippen molar-refractivity contribution in [1.82, 2.24) is 5.23 Å². The molecule has 6 heteroatoms. The molecule has 0 unspecified atom stereocenters. The van der Waals surface area contributed by atoms with Crippen LogP contribution in [0, 0.1) is 11.8 Å². The van der Waals surface area contributed by atoms with E-state index in [0.29, 0.717) is 11.8 Å². The van der Waals surface area contributed by atoms with Gasteiger partial charge in [-0.3, -0.25) is 4.84 Å². The maximum atomic E-state index is 12.2. The molecule has 4 fully saturated rings. The molecule has 0 bridgehead atoms. The van der Waals surface area contributed by atoms with Crippen molar-refractivity contribution in [3.05, 3.63) is 35.9 Å². The number of hydrogen-bond acceptors (Lipinski definition) is 6. The molecule has 5 rings (SSSR count). The van der Waals surface area contributed by atoms with E-state index in [1.807, 2.05) is 0 Å². The fourth-order valence-electron chi connectivity index (χ4n) is 6.12. The van der Waals surface area contributed by atoms with Gasteiger partial charge in [-0.2, -0.15) is 0 Å². The minimum absolute atomic E-state index is 0.104. The zero-order valence-corrected chi connectivity index (χ0v) is 17.3. The molecule has 0 radical (unpaired) electrons. The Kier molecular flexibility index (Phi) is 5.14. The number of ether oxygens (including phenoxy) is 2. The summed E-state index contributed by atoms with van der Waals surface area (Å²) in [5.74, 6) is 0.580. The van der Waals surface area contributed by atoms with Gasteiger partial charge in [0.05, 0.1) is 18.8 Å². The van der Waals surface area contributed by atoms with Crippen molar-refractivity contribution in [2.24, 2.45) is 11.8 Å². The Morgan fingerprint density at radius 1 is 1.10 bits per heavy atom. The molecule has 2 aliphatic carbocycles. The van der Waals surface area contributed by atoms with Crippen LogP contribution in [0.1, 0.15) is 63.4 Å². The van der Waals surface area contributed by atoms with Crippen molar-refractivity contribution in [1.29, 1.82) is 0 Å². The third kappa shape index (κ3) is 3.21. The topological polar surface area (TPSA) is 57.2 Å². The number of nitrogens with zero attached hydrogens (tertiary/aromatic N) is 1. The molecule has 2 heterocycles. The number of methoxy groups -OCH3 is 1. The van der Waals surface area contributed by atoms with Gasteiger partial charge in [-0.25, -0.2) is 9.63 Å². The van der Waals surface area contributed by atoms with Crippen LogP contribution in [0.2, 0.25) is 0 Å². The summed E-state index contributed by atoms with van der Waals surface area (Å²) >= 11 is 0. The van der Waals surface area contributed by atoms with Crippen molar-refractivity contribution in [3.63, 3.8) is 0 Å². The first-order valence-corrected chi connectivity index (χ1v) is 11.0. The highest BCUT2D eigenvalue weighted by molar-refractivity contribution is 5.75. The Bertz CT molecular complexity index is 742. The summed E-state index contributed by atoms with van der Waals surface area (Å²) in [7, 11) is 1.41. The van der Waals surface area contributed by atoms with Gasteiger partial charge in [-0.05, 0) is 44.1 Å². The number of esters is 1. The van der Waals surface area contributed by atoms with E-state index < -0.39 is 6.10 Å². The molecule has 158 valence electrons. The van der Waals surface area contributed by atoms with Gasteiger partial charge in [-0.15, -0.1) is 0 Å². The van der Waals surface area contributed by atoms with Gasteiger partial charge in [0.25, 0.3) is 0 Å². The third-order valence-corrected chi connectivity index (χ3v) is 7.75. The van der Waals surface area contributed by atoms with E-state index in [0.717, 1.165) is 32.1 Å². The van der Waals surface area contributed by atoms with Crippen LogP contribution in [-0.4, -0.2) is 42.3 Å². The molecule has 2 aliphatic heterocycles. The SMILES string of the molecule is COC(=O)[C@@H]1ON2O[C@H](O[C@@H]3CCCC[C@H]3c3ccccc3)C[C@H]3CC[C@@H]1[C@]32C. The summed E-state index contributed by atoms with van der Waals surface area (Å²) in [6.45, 7) is 2.15. The second-order valence-corrected chi connectivity index (χ2v) is 9.16. The van der Waals surface area contributed by atoms with Crippen molar-refractivity contribution >= 4 is 5.97 Å². The molecule has 1 aromatic carbocycles. The second kappa shape index (κ2) is 7.65. The molecular weight excluding hydrogens is 370 g/mol. The molecule has 29 heavy (non-hydrogen) atoms. The summed E-state index contributed by atoms with van der Waals surface area (Å²) in [5.41, 5.74) is 1.06. The lowest BCUT2D eigenvalue weighted by Crippen LogP contribution is -2.55. The van der Waals surface area contributed by atoms with Crippen molar-refractivity contribution in [3.8, 4) is 0 Å². The Balaban J connectivity index is 1.32. The Morgan fingerprint density at radius 3 is 2.69 bits per heavy atom. The van der Waals surface area contributed by atoms with E-state index in [1.54, 1.807) is 5.23 Å². The Hall–Kier alpha value is -1.47. The quantitative estimate of drug-likeness (QED) is 0.712. The second-order valence-electron chi connectivity index (χ2n) is 9.16. The molecule has 0 N–H and O–H groups in total. The van der Waals surface area contributed by atoms with Gasteiger partial charge in [0.2, 0.25) is 0 Å². The van der Waals surface area contributed by atoms with Crippen LogP contribution < -0.4 is 0 Å². The zero-order chi connectivity index (χ0) is 20.0. The van der Waals surface area contributed by atoms with Crippen LogP contribution >= 0.6 is 0 Å². The predicted molar refractivity (Wildman–Crippen MR) is 105 cm³/mol. The highest BCUT2D eigenvalue weighted by Gasteiger charge is 2.65. The molecule has 2 saturated carbocycles. The molecule has 0 spiro atoms. The fourth-order valence-corrected chi connectivity index (χ4v) is 6.12. The van der Waals surface area contributed by atoms with Gasteiger partial charge < -0.3 is 9.47 Å². The first kappa shape index (κ1) is 19.5. The predicted octanol–water partition coefficient (Wildman–Crippen LogP) is 3.96. The molecule has 0 aromatic heterocycles. The van der Waals surface area contributed by atoms with E-state index >= 15 is 0 Å². The smallest absolute Gasteiger partial charge is 0.337 e. The lowest BCUT2D eigenvalue weighted by atomic mass is 9.78. The maximum absolute atomic E-state index is 12.2. The van der Waals surface area contributed by atoms with Gasteiger partial charge in [0.1, 0.15) is 0 Å². The van der Waals surface area contributed by atoms with Crippen LogP contribution in [0.25, 0.3) is 0 Å². The average molecular weight is 402 g/mol. The third-order valence-electron chi connectivity index (χ3n) is 7.75. The molecule has 1 aromatic rings. The van der Waals surface area contributed by atoms with E-state index in [-0.39, 0.29) is 29.8 Å². The standard InChI is InChI=1S/C23H31NO5/c1-23-16-12-13-18(23)21(22(25)26-2)29-24(23)28-20(14-16)27-19-11-7-6-10-17(19)15-8-4-3-5-9-15/h3-5,8-9,16-21H,6-7,10-14H2,1-2H3/t16-,17+,18+,19-,20+,21-,23+/m1/s1. The molecule has 7 atom stereocenters. The van der Waals surface area contributed by atoms with Gasteiger partial charge >= 0.3 is 5.97 Å². The first-order valence-electron chi connectivity index (χ1n) is 11.0. The molecule has 6 nitrogen and oxygen atoms in total. The minimum atomic E-state index is -0.583. The van der Waals surface area contributed by atoms with Crippen molar-refractivity contribution in [2.75, 3.05) is 7.11 Å². The summed E-state index contributed by atoms with van der Waals surface area (Å²) in [4.78, 5) is 24.4. The zero-order valence-electron chi connectivity index (χ0n) is 17.3. The number of carbonyl (C=O) groups excluding carboxylic acids is 1. The largest absolute Gasteiger partial charge is 0.467 e. The highest BCUT2D eigenvalue weighted by atomic mass is 17.0. The Labute approximate surface area is 172 Å². The van der Waals surface area contributed by atoms with E-state index in [1.165, 1.54) is 25.5 Å². The first-order chi connectivity index (χ1) is 14.1. The highest BCUT2D eigenvalue weighted by Crippen LogP contribution is 2.56. The summed E-state index contributed by atoms with van der Waals surface area (Å²) < 4.78 is 11.5. The van der Waals surface area contributed by atoms with Gasteiger partial charge in [0.15, 0.2) is 12.4 Å². The number of hydrogen-bond donors (Lipinski definition) is 0. The molecule has 4 aliphatic rings. The van der Waals surface area contributed by atoms with Gasteiger partial charge in [0, 0.05) is 18.3 Å². The van der Waals surface area contributed by atoms with Crippen LogP contribution in [0.4, 0.5) is 0 Å². The number of benzene rings is 1. The van der Waals surface area contributed by atoms with Crippen molar-refractivity contribution in [2.45, 2.75) is 81.8 Å². The summed E-state index contributed by atoms with van der Waals surface area (Å²) in [5, 5.41) is 1.59.